The van der Waals surface area contributed by atoms with Gasteiger partial charge in [-0.2, -0.15) is 17.9 Å². The fourth-order valence-electron chi connectivity index (χ4n) is 1.77. The molecule has 0 saturated heterocycles. The van der Waals surface area contributed by atoms with Gasteiger partial charge in [0.1, 0.15) is 22.0 Å². The highest BCUT2D eigenvalue weighted by Crippen LogP contribution is 2.49. The van der Waals surface area contributed by atoms with E-state index >= 15 is 0 Å². The molecule has 0 atom stereocenters. The SMILES string of the molecule is Cc1oc(CN)cc1S(=O)(=O)NC1(C(F)(F)F)CC1. The summed E-state index contributed by atoms with van der Waals surface area (Å²) >= 11 is 0. The van der Waals surface area contributed by atoms with Crippen LogP contribution < -0.4 is 10.5 Å². The first-order chi connectivity index (χ1) is 8.61. The van der Waals surface area contributed by atoms with Gasteiger partial charge in [-0.15, -0.1) is 0 Å². The van der Waals surface area contributed by atoms with E-state index in [9.17, 15) is 21.6 Å². The standard InChI is InChI=1S/C10H13F3N2O3S/c1-6-8(4-7(5-14)18-6)19(16,17)15-9(2-3-9)10(11,12)13/h4,15H,2-3,5,14H2,1H3. The molecular formula is C10H13F3N2O3S. The number of sulfonamides is 1. The number of furan rings is 1. The Morgan fingerprint density at radius 1 is 1.47 bits per heavy atom. The van der Waals surface area contributed by atoms with Gasteiger partial charge in [0.05, 0.1) is 6.54 Å². The zero-order valence-corrected chi connectivity index (χ0v) is 10.9. The van der Waals surface area contributed by atoms with Crippen molar-refractivity contribution in [2.75, 3.05) is 0 Å². The summed E-state index contributed by atoms with van der Waals surface area (Å²) in [5.74, 6) is 0.223. The predicted molar refractivity (Wildman–Crippen MR) is 59.7 cm³/mol. The molecule has 1 aliphatic carbocycles. The van der Waals surface area contributed by atoms with Gasteiger partial charge < -0.3 is 10.2 Å². The maximum absolute atomic E-state index is 12.7. The van der Waals surface area contributed by atoms with E-state index in [1.54, 1.807) is 4.72 Å². The summed E-state index contributed by atoms with van der Waals surface area (Å²) in [6, 6.07) is 1.14. The first-order valence-electron chi connectivity index (χ1n) is 5.51. The molecule has 2 rings (SSSR count). The molecule has 1 heterocycles. The van der Waals surface area contributed by atoms with Crippen molar-refractivity contribution in [2.24, 2.45) is 5.73 Å². The molecule has 0 spiro atoms. The first-order valence-corrected chi connectivity index (χ1v) is 7.00. The van der Waals surface area contributed by atoms with Gasteiger partial charge in [-0.25, -0.2) is 8.42 Å². The van der Waals surface area contributed by atoms with Crippen LogP contribution in [0.25, 0.3) is 0 Å². The predicted octanol–water partition coefficient (Wildman–Crippen LogP) is 1.42. The Bertz CT molecular complexity index is 588. The van der Waals surface area contributed by atoms with Crippen LogP contribution in [0.1, 0.15) is 24.4 Å². The topological polar surface area (TPSA) is 85.3 Å². The summed E-state index contributed by atoms with van der Waals surface area (Å²) < 4.78 is 68.9. The minimum absolute atomic E-state index is 0.0194. The lowest BCUT2D eigenvalue weighted by Gasteiger charge is -2.20. The molecule has 1 aromatic heterocycles. The van der Waals surface area contributed by atoms with E-state index in [2.05, 4.69) is 0 Å². The van der Waals surface area contributed by atoms with Crippen LogP contribution in [0.4, 0.5) is 13.2 Å². The van der Waals surface area contributed by atoms with Crippen molar-refractivity contribution in [3.63, 3.8) is 0 Å². The third kappa shape index (κ3) is 2.49. The quantitative estimate of drug-likeness (QED) is 0.880. The van der Waals surface area contributed by atoms with Crippen LogP contribution in [0.5, 0.6) is 0 Å². The van der Waals surface area contributed by atoms with Crippen LogP contribution in [0.2, 0.25) is 0 Å². The van der Waals surface area contributed by atoms with Crippen LogP contribution >= 0.6 is 0 Å². The number of nitrogens with one attached hydrogen (secondary N) is 1. The lowest BCUT2D eigenvalue weighted by molar-refractivity contribution is -0.160. The average molecular weight is 298 g/mol. The molecule has 0 aromatic carbocycles. The number of nitrogens with two attached hydrogens (primary N) is 1. The number of hydrogen-bond donors (Lipinski definition) is 2. The van der Waals surface area contributed by atoms with Crippen LogP contribution in [0.15, 0.2) is 15.4 Å². The van der Waals surface area contributed by atoms with Crippen LogP contribution in [0.3, 0.4) is 0 Å². The summed E-state index contributed by atoms with van der Waals surface area (Å²) in [4.78, 5) is -0.302. The number of halogens is 3. The molecule has 1 aliphatic rings. The van der Waals surface area contributed by atoms with Gasteiger partial charge in [0.15, 0.2) is 0 Å². The Morgan fingerprint density at radius 2 is 2.05 bits per heavy atom. The maximum atomic E-state index is 12.7. The summed E-state index contributed by atoms with van der Waals surface area (Å²) in [7, 11) is -4.28. The molecule has 3 N–H and O–H groups in total. The van der Waals surface area contributed by atoms with Crippen molar-refractivity contribution in [2.45, 2.75) is 42.9 Å². The Balaban J connectivity index is 2.31. The van der Waals surface area contributed by atoms with E-state index in [0.717, 1.165) is 6.07 Å². The lowest BCUT2D eigenvalue weighted by atomic mass is 10.3. The van der Waals surface area contributed by atoms with Gasteiger partial charge >= 0.3 is 6.18 Å². The van der Waals surface area contributed by atoms with E-state index in [0.29, 0.717) is 0 Å². The molecule has 5 nitrogen and oxygen atoms in total. The molecule has 0 bridgehead atoms. The zero-order chi connectivity index (χ0) is 14.5. The molecule has 1 fully saturated rings. The second-order valence-electron chi connectivity index (χ2n) is 4.52. The number of hydrogen-bond acceptors (Lipinski definition) is 4. The van der Waals surface area contributed by atoms with Crippen molar-refractivity contribution < 1.29 is 26.0 Å². The highest BCUT2D eigenvalue weighted by Gasteiger charge is 2.65. The minimum atomic E-state index is -4.60. The van der Waals surface area contributed by atoms with Crippen LogP contribution in [0, 0.1) is 6.92 Å². The van der Waals surface area contributed by atoms with Crippen molar-refractivity contribution in [1.82, 2.24) is 4.72 Å². The van der Waals surface area contributed by atoms with E-state index in [1.807, 2.05) is 0 Å². The van der Waals surface area contributed by atoms with E-state index in [4.69, 9.17) is 10.2 Å². The molecule has 0 aliphatic heterocycles. The summed E-state index contributed by atoms with van der Waals surface area (Å²) in [5.41, 5.74) is 2.96. The maximum Gasteiger partial charge on any atom is 0.407 e. The smallest absolute Gasteiger partial charge is 0.407 e. The van der Waals surface area contributed by atoms with Gasteiger partial charge in [-0.1, -0.05) is 0 Å². The fourth-order valence-corrected chi connectivity index (χ4v) is 3.42. The summed E-state index contributed by atoms with van der Waals surface area (Å²) in [6.07, 6.45) is -5.11. The largest absolute Gasteiger partial charge is 0.464 e. The molecule has 1 saturated carbocycles. The monoisotopic (exact) mass is 298 g/mol. The van der Waals surface area contributed by atoms with Gasteiger partial charge in [-0.3, -0.25) is 0 Å². The molecule has 1 aromatic rings. The third-order valence-electron chi connectivity index (χ3n) is 3.04. The molecule has 9 heteroatoms. The number of alkyl halides is 3. The van der Waals surface area contributed by atoms with Gasteiger partial charge in [0.25, 0.3) is 0 Å². The molecule has 0 unspecified atom stereocenters. The van der Waals surface area contributed by atoms with Crippen LogP contribution in [-0.2, 0) is 16.6 Å². The molecular weight excluding hydrogens is 285 g/mol. The Morgan fingerprint density at radius 3 is 2.42 bits per heavy atom. The zero-order valence-electron chi connectivity index (χ0n) is 10.0. The number of aryl methyl sites for hydroxylation is 1. The molecule has 0 amide bonds. The van der Waals surface area contributed by atoms with E-state index in [1.165, 1.54) is 6.92 Å². The molecule has 0 radical (unpaired) electrons. The second kappa shape index (κ2) is 4.22. The van der Waals surface area contributed by atoms with Gasteiger partial charge in [-0.05, 0) is 19.8 Å². The third-order valence-corrected chi connectivity index (χ3v) is 4.68. The van der Waals surface area contributed by atoms with E-state index in [-0.39, 0.29) is 35.8 Å². The molecule has 19 heavy (non-hydrogen) atoms. The Labute approximate surface area is 108 Å². The van der Waals surface area contributed by atoms with Crippen molar-refractivity contribution in [3.8, 4) is 0 Å². The average Bonchev–Trinajstić information content (AvgIpc) is 2.92. The van der Waals surface area contributed by atoms with Crippen molar-refractivity contribution in [1.29, 1.82) is 0 Å². The number of rotatable bonds is 4. The highest BCUT2D eigenvalue weighted by atomic mass is 32.2. The highest BCUT2D eigenvalue weighted by molar-refractivity contribution is 7.89. The van der Waals surface area contributed by atoms with Gasteiger partial charge in [0, 0.05) is 6.07 Å². The first kappa shape index (κ1) is 14.4. The fraction of sp³-hybridized carbons (Fsp3) is 0.600. The summed E-state index contributed by atoms with van der Waals surface area (Å²) in [6.45, 7) is 1.33. The summed E-state index contributed by atoms with van der Waals surface area (Å²) in [5, 5.41) is 0. The van der Waals surface area contributed by atoms with Gasteiger partial charge in [0.2, 0.25) is 10.0 Å². The lowest BCUT2D eigenvalue weighted by Crippen LogP contribution is -2.47. The van der Waals surface area contributed by atoms with Crippen LogP contribution in [-0.4, -0.2) is 20.1 Å². The minimum Gasteiger partial charge on any atom is -0.464 e. The Kier molecular flexibility index (Phi) is 3.19. The van der Waals surface area contributed by atoms with E-state index < -0.39 is 21.7 Å². The molecule has 108 valence electrons. The second-order valence-corrected chi connectivity index (χ2v) is 6.17. The normalized spacial score (nSPS) is 18.6. The van der Waals surface area contributed by atoms with Crippen molar-refractivity contribution in [3.05, 3.63) is 17.6 Å². The Hall–Kier alpha value is -1.06. The van der Waals surface area contributed by atoms with Crippen molar-refractivity contribution >= 4 is 10.0 Å².